The van der Waals surface area contributed by atoms with E-state index >= 15 is 0 Å². The molecule has 1 aromatic carbocycles. The fraction of sp³-hybridized carbons (Fsp3) is 0.500. The highest BCUT2D eigenvalue weighted by molar-refractivity contribution is 7.90. The zero-order chi connectivity index (χ0) is 15.0. The highest BCUT2D eigenvalue weighted by Gasteiger charge is 2.13. The zero-order valence-electron chi connectivity index (χ0n) is 12.2. The molecule has 0 bridgehead atoms. The first-order chi connectivity index (χ1) is 9.15. The summed E-state index contributed by atoms with van der Waals surface area (Å²) in [5, 5.41) is 3.35. The van der Waals surface area contributed by atoms with Crippen molar-refractivity contribution in [1.82, 2.24) is 10.3 Å². The van der Waals surface area contributed by atoms with Gasteiger partial charge in [0, 0.05) is 24.8 Å². The van der Waals surface area contributed by atoms with E-state index in [2.05, 4.69) is 31.1 Å². The van der Waals surface area contributed by atoms with Gasteiger partial charge in [-0.3, -0.25) is 0 Å². The average molecular weight is 296 g/mol. The molecule has 0 aliphatic heterocycles. The molecule has 0 aliphatic carbocycles. The van der Waals surface area contributed by atoms with Crippen molar-refractivity contribution in [3.8, 4) is 0 Å². The van der Waals surface area contributed by atoms with Gasteiger partial charge in [-0.25, -0.2) is 13.4 Å². The Hall–Kier alpha value is -1.40. The van der Waals surface area contributed by atoms with E-state index in [-0.39, 0.29) is 10.4 Å². The van der Waals surface area contributed by atoms with Gasteiger partial charge in [0.05, 0.1) is 4.90 Å². The van der Waals surface area contributed by atoms with Gasteiger partial charge in [-0.2, -0.15) is 0 Å². The molecule has 2 rings (SSSR count). The number of oxazole rings is 1. The molecule has 0 saturated carbocycles. The zero-order valence-corrected chi connectivity index (χ0v) is 13.0. The van der Waals surface area contributed by atoms with Gasteiger partial charge in [0.15, 0.2) is 21.3 Å². The first-order valence-electron chi connectivity index (χ1n) is 6.50. The summed E-state index contributed by atoms with van der Waals surface area (Å²) in [5.74, 6) is 0.613. The summed E-state index contributed by atoms with van der Waals surface area (Å²) in [6, 6.07) is 4.74. The van der Waals surface area contributed by atoms with Gasteiger partial charge in [0.2, 0.25) is 0 Å². The Labute approximate surface area is 119 Å². The Kier molecular flexibility index (Phi) is 3.88. The molecule has 0 atom stereocenters. The van der Waals surface area contributed by atoms with Crippen LogP contribution in [0, 0.1) is 0 Å². The SMILES string of the molecule is CC(C)(C)NCCc1nc2cc(S(C)(=O)=O)ccc2o1. The average Bonchev–Trinajstić information content (AvgIpc) is 2.67. The smallest absolute Gasteiger partial charge is 0.196 e. The van der Waals surface area contributed by atoms with Gasteiger partial charge >= 0.3 is 0 Å². The molecule has 0 amide bonds. The Morgan fingerprint density at radius 1 is 1.30 bits per heavy atom. The third-order valence-electron chi connectivity index (χ3n) is 2.83. The summed E-state index contributed by atoms with van der Waals surface area (Å²) in [6.45, 7) is 7.04. The Morgan fingerprint density at radius 3 is 2.60 bits per heavy atom. The van der Waals surface area contributed by atoms with E-state index in [1.807, 2.05) is 0 Å². The maximum absolute atomic E-state index is 11.5. The van der Waals surface area contributed by atoms with Crippen molar-refractivity contribution >= 4 is 20.9 Å². The van der Waals surface area contributed by atoms with Gasteiger partial charge in [0.1, 0.15) is 5.52 Å². The fourth-order valence-corrected chi connectivity index (χ4v) is 2.48. The maximum Gasteiger partial charge on any atom is 0.196 e. The predicted molar refractivity (Wildman–Crippen MR) is 78.6 cm³/mol. The Morgan fingerprint density at radius 2 is 2.00 bits per heavy atom. The largest absolute Gasteiger partial charge is 0.441 e. The van der Waals surface area contributed by atoms with Crippen molar-refractivity contribution in [2.75, 3.05) is 12.8 Å². The van der Waals surface area contributed by atoms with Gasteiger partial charge < -0.3 is 9.73 Å². The second-order valence-electron chi connectivity index (χ2n) is 5.94. The van der Waals surface area contributed by atoms with Crippen molar-refractivity contribution in [3.63, 3.8) is 0 Å². The van der Waals surface area contributed by atoms with E-state index < -0.39 is 9.84 Å². The number of hydrogen-bond donors (Lipinski definition) is 1. The molecule has 6 heteroatoms. The molecular formula is C14H20N2O3S. The molecule has 0 unspecified atom stereocenters. The van der Waals surface area contributed by atoms with E-state index in [0.717, 1.165) is 6.54 Å². The van der Waals surface area contributed by atoms with Crippen LogP contribution in [0.15, 0.2) is 27.5 Å². The third kappa shape index (κ3) is 3.80. The molecule has 0 spiro atoms. The number of nitrogens with one attached hydrogen (secondary N) is 1. The third-order valence-corrected chi connectivity index (χ3v) is 3.94. The molecule has 1 aromatic heterocycles. The van der Waals surface area contributed by atoms with E-state index in [1.54, 1.807) is 18.2 Å². The van der Waals surface area contributed by atoms with Crippen LogP contribution in [0.5, 0.6) is 0 Å². The van der Waals surface area contributed by atoms with Crippen LogP contribution < -0.4 is 5.32 Å². The number of aromatic nitrogens is 1. The number of sulfone groups is 1. The van der Waals surface area contributed by atoms with Gasteiger partial charge in [-0.15, -0.1) is 0 Å². The first kappa shape index (κ1) is 15.0. The van der Waals surface area contributed by atoms with Crippen LogP contribution in [0.2, 0.25) is 0 Å². The minimum Gasteiger partial charge on any atom is -0.441 e. The lowest BCUT2D eigenvalue weighted by Crippen LogP contribution is -2.37. The van der Waals surface area contributed by atoms with E-state index in [4.69, 9.17) is 4.42 Å². The lowest BCUT2D eigenvalue weighted by Gasteiger charge is -2.19. The standard InChI is InChI=1S/C14H20N2O3S/c1-14(2,3)15-8-7-13-16-11-9-10(20(4,17)18)5-6-12(11)19-13/h5-6,9,15H,7-8H2,1-4H3. The van der Waals surface area contributed by atoms with Crippen molar-refractivity contribution in [3.05, 3.63) is 24.1 Å². The number of benzene rings is 1. The second kappa shape index (κ2) is 5.18. The summed E-state index contributed by atoms with van der Waals surface area (Å²) in [6.07, 6.45) is 1.85. The summed E-state index contributed by atoms with van der Waals surface area (Å²) >= 11 is 0. The molecule has 0 fully saturated rings. The minimum absolute atomic E-state index is 0.0511. The summed E-state index contributed by atoms with van der Waals surface area (Å²) in [7, 11) is -3.22. The monoisotopic (exact) mass is 296 g/mol. The van der Waals surface area contributed by atoms with E-state index in [1.165, 1.54) is 6.26 Å². The highest BCUT2D eigenvalue weighted by atomic mass is 32.2. The lowest BCUT2D eigenvalue weighted by atomic mass is 10.1. The fourth-order valence-electron chi connectivity index (χ4n) is 1.84. The molecule has 20 heavy (non-hydrogen) atoms. The van der Waals surface area contributed by atoms with Crippen molar-refractivity contribution in [1.29, 1.82) is 0 Å². The summed E-state index contributed by atoms with van der Waals surface area (Å²) in [4.78, 5) is 4.60. The minimum atomic E-state index is -3.22. The molecule has 0 radical (unpaired) electrons. The first-order valence-corrected chi connectivity index (χ1v) is 8.39. The van der Waals surface area contributed by atoms with Crippen LogP contribution in [0.25, 0.3) is 11.1 Å². The van der Waals surface area contributed by atoms with Gasteiger partial charge in [-0.1, -0.05) is 0 Å². The Bertz CT molecular complexity index is 712. The highest BCUT2D eigenvalue weighted by Crippen LogP contribution is 2.20. The topological polar surface area (TPSA) is 72.2 Å². The molecule has 1 N–H and O–H groups in total. The molecule has 1 heterocycles. The molecule has 2 aromatic rings. The maximum atomic E-state index is 11.5. The van der Waals surface area contributed by atoms with E-state index in [9.17, 15) is 8.42 Å². The number of fused-ring (bicyclic) bond motifs is 1. The summed E-state index contributed by atoms with van der Waals surface area (Å²) in [5.41, 5.74) is 1.25. The van der Waals surface area contributed by atoms with Gasteiger partial charge in [-0.05, 0) is 39.0 Å². The normalized spacial score (nSPS) is 13.0. The molecular weight excluding hydrogens is 276 g/mol. The van der Waals surface area contributed by atoms with E-state index in [0.29, 0.717) is 23.4 Å². The summed E-state index contributed by atoms with van der Waals surface area (Å²) < 4.78 is 28.6. The van der Waals surface area contributed by atoms with Crippen LogP contribution >= 0.6 is 0 Å². The second-order valence-corrected chi connectivity index (χ2v) is 7.95. The van der Waals surface area contributed by atoms with Crippen LogP contribution in [0.3, 0.4) is 0 Å². The number of hydrogen-bond acceptors (Lipinski definition) is 5. The van der Waals surface area contributed by atoms with Crippen LogP contribution in [0.1, 0.15) is 26.7 Å². The van der Waals surface area contributed by atoms with Crippen molar-refractivity contribution in [2.24, 2.45) is 0 Å². The van der Waals surface area contributed by atoms with Crippen LogP contribution in [0.4, 0.5) is 0 Å². The van der Waals surface area contributed by atoms with Gasteiger partial charge in [0.25, 0.3) is 0 Å². The van der Waals surface area contributed by atoms with Crippen molar-refractivity contribution < 1.29 is 12.8 Å². The van der Waals surface area contributed by atoms with Crippen LogP contribution in [-0.2, 0) is 16.3 Å². The number of rotatable bonds is 4. The molecule has 110 valence electrons. The predicted octanol–water partition coefficient (Wildman–Crippen LogP) is 2.16. The quantitative estimate of drug-likeness (QED) is 0.936. The Balaban J connectivity index is 2.17. The van der Waals surface area contributed by atoms with Crippen molar-refractivity contribution in [2.45, 2.75) is 37.6 Å². The number of nitrogens with zero attached hydrogens (tertiary/aromatic N) is 1. The lowest BCUT2D eigenvalue weighted by molar-refractivity contribution is 0.414. The van der Waals surface area contributed by atoms with Crippen LogP contribution in [-0.4, -0.2) is 31.7 Å². The molecule has 0 aliphatic rings. The molecule has 5 nitrogen and oxygen atoms in total. The molecule has 0 saturated heterocycles.